The van der Waals surface area contributed by atoms with Gasteiger partial charge in [-0.05, 0) is 31.2 Å². The van der Waals surface area contributed by atoms with E-state index < -0.39 is 6.09 Å². The van der Waals surface area contributed by atoms with Gasteiger partial charge < -0.3 is 19.5 Å². The first kappa shape index (κ1) is 19.5. The maximum Gasteiger partial charge on any atom is 0.412 e. The van der Waals surface area contributed by atoms with Crippen molar-refractivity contribution in [1.29, 1.82) is 0 Å². The molecule has 0 unspecified atom stereocenters. The van der Waals surface area contributed by atoms with Crippen molar-refractivity contribution >= 4 is 18.0 Å². The lowest BCUT2D eigenvalue weighted by Gasteiger charge is -2.08. The van der Waals surface area contributed by atoms with Crippen molar-refractivity contribution in [2.75, 3.05) is 39.5 Å². The molecule has 1 rings (SSSR count). The third kappa shape index (κ3) is 8.79. The molecule has 0 aliphatic rings. The van der Waals surface area contributed by atoms with E-state index in [0.29, 0.717) is 44.3 Å². The topological polar surface area (TPSA) is 103 Å². The Bertz CT molecular complexity index is 566. The molecular formula is C16H20N2O6. The highest BCUT2D eigenvalue weighted by atomic mass is 16.6. The summed E-state index contributed by atoms with van der Waals surface area (Å²) >= 11 is 0. The number of aliphatic imine (C=N–C) groups is 1. The van der Waals surface area contributed by atoms with Crippen LogP contribution in [-0.2, 0) is 14.3 Å². The van der Waals surface area contributed by atoms with E-state index >= 15 is 0 Å². The van der Waals surface area contributed by atoms with Crippen molar-refractivity contribution in [1.82, 2.24) is 5.32 Å². The number of amides is 1. The third-order valence-electron chi connectivity index (χ3n) is 2.77. The van der Waals surface area contributed by atoms with Gasteiger partial charge in [-0.1, -0.05) is 0 Å². The van der Waals surface area contributed by atoms with E-state index in [1.807, 2.05) is 0 Å². The maximum atomic E-state index is 11.5. The average molecular weight is 336 g/mol. The van der Waals surface area contributed by atoms with Crippen LogP contribution in [0.4, 0.5) is 4.79 Å². The number of benzene rings is 1. The number of ketones is 1. The summed E-state index contributed by atoms with van der Waals surface area (Å²) in [5.41, 5.74) is 0.552. The molecular weight excluding hydrogens is 316 g/mol. The molecule has 0 saturated heterocycles. The van der Waals surface area contributed by atoms with Gasteiger partial charge in [0.1, 0.15) is 5.75 Å². The predicted molar refractivity (Wildman–Crippen MR) is 85.1 cm³/mol. The molecule has 0 heterocycles. The minimum atomic E-state index is -0.600. The molecule has 0 atom stereocenters. The normalized spacial score (nSPS) is 9.88. The summed E-state index contributed by atoms with van der Waals surface area (Å²) in [6.07, 6.45) is 0.819. The van der Waals surface area contributed by atoms with Crippen LogP contribution in [0.2, 0.25) is 0 Å². The molecule has 1 aromatic carbocycles. The van der Waals surface area contributed by atoms with Crippen LogP contribution in [0.5, 0.6) is 5.75 Å². The second kappa shape index (κ2) is 12.0. The standard InChI is InChI=1S/C16H20N2O6/c1-13(20)14-2-4-15(5-3-14)24-16(21)18-7-9-23-11-10-22-8-6-17-12-19/h2-5H,6-11H2,1H3,(H,18,21). The van der Waals surface area contributed by atoms with E-state index in [4.69, 9.17) is 14.2 Å². The number of nitrogens with zero attached hydrogens (tertiary/aromatic N) is 1. The fourth-order valence-electron chi connectivity index (χ4n) is 1.60. The average Bonchev–Trinajstić information content (AvgIpc) is 2.57. The van der Waals surface area contributed by atoms with E-state index in [1.165, 1.54) is 13.0 Å². The van der Waals surface area contributed by atoms with Crippen molar-refractivity contribution in [2.45, 2.75) is 6.92 Å². The van der Waals surface area contributed by atoms with E-state index in [1.54, 1.807) is 24.3 Å². The monoisotopic (exact) mass is 336 g/mol. The fourth-order valence-corrected chi connectivity index (χ4v) is 1.60. The van der Waals surface area contributed by atoms with Crippen molar-refractivity contribution < 1.29 is 28.6 Å². The number of hydrogen-bond acceptors (Lipinski definition) is 7. The van der Waals surface area contributed by atoms with Crippen molar-refractivity contribution in [3.8, 4) is 5.75 Å². The molecule has 0 aromatic heterocycles. The molecule has 0 radical (unpaired) electrons. The van der Waals surface area contributed by atoms with Gasteiger partial charge >= 0.3 is 6.09 Å². The summed E-state index contributed by atoms with van der Waals surface area (Å²) in [6.45, 7) is 3.44. The summed E-state index contributed by atoms with van der Waals surface area (Å²) in [7, 11) is 0. The SMILES string of the molecule is CC(=O)c1ccc(OC(=O)NCCOCCOCCN=C=O)cc1. The molecule has 0 saturated carbocycles. The molecule has 0 aliphatic heterocycles. The Morgan fingerprint density at radius 1 is 1.08 bits per heavy atom. The van der Waals surface area contributed by atoms with Crippen LogP contribution in [-0.4, -0.2) is 57.5 Å². The highest BCUT2D eigenvalue weighted by Gasteiger charge is 2.05. The number of rotatable bonds is 11. The number of carbonyl (C=O) groups is 2. The smallest absolute Gasteiger partial charge is 0.410 e. The molecule has 0 bridgehead atoms. The van der Waals surface area contributed by atoms with Gasteiger partial charge in [-0.15, -0.1) is 0 Å². The van der Waals surface area contributed by atoms with Gasteiger partial charge in [0.15, 0.2) is 5.78 Å². The van der Waals surface area contributed by atoms with Crippen LogP contribution in [0, 0.1) is 0 Å². The fraction of sp³-hybridized carbons (Fsp3) is 0.438. The zero-order valence-corrected chi connectivity index (χ0v) is 13.4. The molecule has 1 N–H and O–H groups in total. The van der Waals surface area contributed by atoms with Crippen LogP contribution in [0.15, 0.2) is 29.3 Å². The first-order chi connectivity index (χ1) is 11.6. The van der Waals surface area contributed by atoms with Crippen LogP contribution < -0.4 is 10.1 Å². The Morgan fingerprint density at radius 2 is 1.75 bits per heavy atom. The van der Waals surface area contributed by atoms with Gasteiger partial charge in [0.2, 0.25) is 6.08 Å². The van der Waals surface area contributed by atoms with E-state index in [0.717, 1.165) is 0 Å². The van der Waals surface area contributed by atoms with E-state index in [-0.39, 0.29) is 12.3 Å². The lowest BCUT2D eigenvalue weighted by molar-refractivity contribution is 0.0521. The minimum Gasteiger partial charge on any atom is -0.410 e. The summed E-state index contributed by atoms with van der Waals surface area (Å²) < 4.78 is 15.4. The Balaban J connectivity index is 2.05. The van der Waals surface area contributed by atoms with Crippen LogP contribution in [0.1, 0.15) is 17.3 Å². The van der Waals surface area contributed by atoms with Gasteiger partial charge in [-0.3, -0.25) is 4.79 Å². The number of nitrogens with one attached hydrogen (secondary N) is 1. The number of Topliss-reactive ketones (excluding diaryl/α,β-unsaturated/α-hetero) is 1. The predicted octanol–water partition coefficient (Wildman–Crippen LogP) is 1.35. The van der Waals surface area contributed by atoms with E-state index in [9.17, 15) is 14.4 Å². The lowest BCUT2D eigenvalue weighted by Crippen LogP contribution is -2.30. The van der Waals surface area contributed by atoms with Gasteiger partial charge in [0, 0.05) is 12.1 Å². The number of carbonyl (C=O) groups excluding carboxylic acids is 3. The molecule has 0 aliphatic carbocycles. The lowest BCUT2D eigenvalue weighted by atomic mass is 10.1. The summed E-state index contributed by atoms with van der Waals surface area (Å²) in [6, 6.07) is 6.29. The molecule has 1 amide bonds. The van der Waals surface area contributed by atoms with Crippen LogP contribution >= 0.6 is 0 Å². The highest BCUT2D eigenvalue weighted by molar-refractivity contribution is 5.94. The van der Waals surface area contributed by atoms with Crippen molar-refractivity contribution in [3.63, 3.8) is 0 Å². The molecule has 130 valence electrons. The largest absolute Gasteiger partial charge is 0.412 e. The third-order valence-corrected chi connectivity index (χ3v) is 2.77. The first-order valence-electron chi connectivity index (χ1n) is 7.39. The van der Waals surface area contributed by atoms with Gasteiger partial charge in [0.25, 0.3) is 0 Å². The van der Waals surface area contributed by atoms with E-state index in [2.05, 4.69) is 10.3 Å². The first-order valence-corrected chi connectivity index (χ1v) is 7.39. The second-order valence-corrected chi connectivity index (χ2v) is 4.59. The zero-order chi connectivity index (χ0) is 17.6. The Hall–Kier alpha value is -2.54. The molecule has 1 aromatic rings. The molecule has 8 nitrogen and oxygen atoms in total. The van der Waals surface area contributed by atoms with Gasteiger partial charge in [-0.2, -0.15) is 0 Å². The second-order valence-electron chi connectivity index (χ2n) is 4.59. The Labute approximate surface area is 139 Å². The summed E-state index contributed by atoms with van der Waals surface area (Å²) in [4.78, 5) is 35.8. The molecule has 0 spiro atoms. The molecule has 8 heteroatoms. The van der Waals surface area contributed by atoms with Crippen LogP contribution in [0.3, 0.4) is 0 Å². The Kier molecular flexibility index (Phi) is 9.72. The highest BCUT2D eigenvalue weighted by Crippen LogP contribution is 2.12. The minimum absolute atomic E-state index is 0.0522. The zero-order valence-electron chi connectivity index (χ0n) is 13.4. The number of ether oxygens (including phenoxy) is 3. The van der Waals surface area contributed by atoms with Gasteiger partial charge in [0.05, 0.1) is 33.0 Å². The quantitative estimate of drug-likeness (QED) is 0.283. The summed E-state index contributed by atoms with van der Waals surface area (Å²) in [5, 5.41) is 2.54. The maximum absolute atomic E-state index is 11.5. The van der Waals surface area contributed by atoms with Gasteiger partial charge in [-0.25, -0.2) is 14.6 Å². The Morgan fingerprint density at radius 3 is 2.38 bits per heavy atom. The number of hydrogen-bond donors (Lipinski definition) is 1. The number of isocyanates is 1. The van der Waals surface area contributed by atoms with Crippen LogP contribution in [0.25, 0.3) is 0 Å². The van der Waals surface area contributed by atoms with Crippen molar-refractivity contribution in [2.24, 2.45) is 4.99 Å². The molecule has 0 fully saturated rings. The summed E-state index contributed by atoms with van der Waals surface area (Å²) in [5.74, 6) is 0.299. The molecule has 24 heavy (non-hydrogen) atoms. The van der Waals surface area contributed by atoms with Crippen molar-refractivity contribution in [3.05, 3.63) is 29.8 Å².